The summed E-state index contributed by atoms with van der Waals surface area (Å²) in [5, 5.41) is 13.8. The lowest BCUT2D eigenvalue weighted by molar-refractivity contribution is -0.137. The van der Waals surface area contributed by atoms with Crippen molar-refractivity contribution in [1.82, 2.24) is 19.0 Å². The van der Waals surface area contributed by atoms with Crippen LogP contribution in [0.15, 0.2) is 70.6 Å². The Bertz CT molecular complexity index is 1540. The van der Waals surface area contributed by atoms with E-state index in [9.17, 15) is 18.0 Å². The lowest BCUT2D eigenvalue weighted by Crippen LogP contribution is -2.32. The Hall–Kier alpha value is -3.32. The van der Waals surface area contributed by atoms with E-state index >= 15 is 0 Å². The molecular weight excluding hydrogens is 569 g/mol. The van der Waals surface area contributed by atoms with Gasteiger partial charge in [0.1, 0.15) is 10.0 Å². The summed E-state index contributed by atoms with van der Waals surface area (Å²) in [5.41, 5.74) is 2.46. The van der Waals surface area contributed by atoms with Gasteiger partial charge >= 0.3 is 5.97 Å². The van der Waals surface area contributed by atoms with Crippen LogP contribution >= 0.6 is 24.0 Å². The molecule has 2 aromatic carbocycles. The second-order valence-corrected chi connectivity index (χ2v) is 12.7. The number of amides is 1. The van der Waals surface area contributed by atoms with E-state index in [2.05, 4.69) is 0 Å². The molecule has 210 valence electrons. The molecule has 1 amide bonds. The van der Waals surface area contributed by atoms with Crippen molar-refractivity contribution in [3.05, 3.63) is 71.3 Å². The largest absolute Gasteiger partial charge is 0.481 e. The topological polar surface area (TPSA) is 113 Å². The second kappa shape index (κ2) is 12.9. The van der Waals surface area contributed by atoms with Crippen molar-refractivity contribution in [2.75, 3.05) is 19.6 Å². The van der Waals surface area contributed by atoms with Gasteiger partial charge in [-0.25, -0.2) is 13.1 Å². The molecule has 1 aliphatic rings. The number of nitrogens with zero attached hydrogens (tertiary/aromatic N) is 4. The molecule has 4 rings (SSSR count). The van der Waals surface area contributed by atoms with Gasteiger partial charge in [0.05, 0.1) is 21.9 Å². The van der Waals surface area contributed by atoms with E-state index in [1.54, 1.807) is 41.2 Å². The quantitative estimate of drug-likeness (QED) is 0.228. The first-order chi connectivity index (χ1) is 19.1. The van der Waals surface area contributed by atoms with Crippen LogP contribution in [0, 0.1) is 0 Å². The zero-order chi connectivity index (χ0) is 28.9. The van der Waals surface area contributed by atoms with Gasteiger partial charge in [0.2, 0.25) is 10.0 Å². The highest BCUT2D eigenvalue weighted by Crippen LogP contribution is 2.35. The Morgan fingerprint density at radius 1 is 1.10 bits per heavy atom. The molecule has 0 saturated carbocycles. The van der Waals surface area contributed by atoms with Crippen LogP contribution in [0.2, 0.25) is 0 Å². The maximum atomic E-state index is 13.5. The zero-order valence-corrected chi connectivity index (χ0v) is 24.6. The van der Waals surface area contributed by atoms with E-state index in [1.807, 2.05) is 44.2 Å². The number of aliphatic carboxylic acids is 1. The highest BCUT2D eigenvalue weighted by molar-refractivity contribution is 8.26. The van der Waals surface area contributed by atoms with Crippen molar-refractivity contribution >= 4 is 56.3 Å². The average Bonchev–Trinajstić information content (AvgIpc) is 3.48. The number of rotatable bonds is 12. The monoisotopic (exact) mass is 598 g/mol. The number of carboxylic acids is 1. The first-order valence-corrected chi connectivity index (χ1v) is 15.5. The van der Waals surface area contributed by atoms with Gasteiger partial charge in [-0.1, -0.05) is 68.2 Å². The van der Waals surface area contributed by atoms with Gasteiger partial charge in [0, 0.05) is 37.0 Å². The van der Waals surface area contributed by atoms with E-state index < -0.39 is 16.0 Å². The van der Waals surface area contributed by atoms with Crippen molar-refractivity contribution in [2.45, 2.75) is 38.0 Å². The Morgan fingerprint density at radius 2 is 1.80 bits per heavy atom. The summed E-state index contributed by atoms with van der Waals surface area (Å²) < 4.78 is 30.4. The molecule has 1 aromatic heterocycles. The van der Waals surface area contributed by atoms with Crippen molar-refractivity contribution < 1.29 is 23.1 Å². The first-order valence-electron chi connectivity index (χ1n) is 12.9. The summed E-state index contributed by atoms with van der Waals surface area (Å²) in [6, 6.07) is 16.1. The van der Waals surface area contributed by atoms with Crippen LogP contribution < -0.4 is 0 Å². The molecule has 0 unspecified atom stereocenters. The third-order valence-corrected chi connectivity index (χ3v) is 9.44. The molecule has 0 aliphatic carbocycles. The molecule has 1 fully saturated rings. The fourth-order valence-corrected chi connectivity index (χ4v) is 7.25. The van der Waals surface area contributed by atoms with Crippen LogP contribution in [0.4, 0.5) is 0 Å². The first kappa shape index (κ1) is 29.7. The zero-order valence-electron chi connectivity index (χ0n) is 22.2. The lowest BCUT2D eigenvalue weighted by Gasteiger charge is -2.21. The number of carbonyl (C=O) groups excluding carboxylic acids is 1. The summed E-state index contributed by atoms with van der Waals surface area (Å²) in [7, 11) is -3.72. The Morgan fingerprint density at radius 3 is 2.45 bits per heavy atom. The molecule has 1 aliphatic heterocycles. The molecule has 9 nitrogen and oxygen atoms in total. The summed E-state index contributed by atoms with van der Waals surface area (Å²) in [6.45, 7) is 4.73. The Balaban J connectivity index is 1.79. The second-order valence-electron chi connectivity index (χ2n) is 9.12. The third kappa shape index (κ3) is 6.52. The Labute approximate surface area is 243 Å². The fourth-order valence-electron chi connectivity index (χ4n) is 4.28. The molecule has 1 N–H and O–H groups in total. The summed E-state index contributed by atoms with van der Waals surface area (Å²) in [5.74, 6) is -1.39. The summed E-state index contributed by atoms with van der Waals surface area (Å²) in [4.78, 5) is 25.9. The number of para-hydroxylation sites is 1. The van der Waals surface area contributed by atoms with Crippen LogP contribution in [0.3, 0.4) is 0 Å². The molecule has 12 heteroatoms. The number of carboxylic acid groups (broad SMARTS) is 1. The molecule has 1 saturated heterocycles. The minimum Gasteiger partial charge on any atom is -0.481 e. The SMILES string of the molecule is CCCN(CCC)S(=O)(=O)c1cccc(-c2nn(-c3ccccc3)cc2C=C2SC(=S)N(CCC(=O)O)C2=O)c1. The lowest BCUT2D eigenvalue weighted by atomic mass is 10.1. The van der Waals surface area contributed by atoms with Gasteiger partial charge in [-0.2, -0.15) is 9.40 Å². The van der Waals surface area contributed by atoms with Gasteiger partial charge in [0.25, 0.3) is 5.91 Å². The number of sulfonamides is 1. The van der Waals surface area contributed by atoms with E-state index in [1.165, 1.54) is 9.21 Å². The number of thiocarbonyl (C=S) groups is 1. The molecule has 2 heterocycles. The molecule has 0 spiro atoms. The Kier molecular flexibility index (Phi) is 9.56. The smallest absolute Gasteiger partial charge is 0.305 e. The van der Waals surface area contributed by atoms with Crippen molar-refractivity contribution in [2.24, 2.45) is 0 Å². The minimum absolute atomic E-state index is 0.0145. The number of benzene rings is 2. The van der Waals surface area contributed by atoms with E-state index in [0.29, 0.717) is 47.7 Å². The van der Waals surface area contributed by atoms with E-state index in [4.69, 9.17) is 22.4 Å². The van der Waals surface area contributed by atoms with Crippen LogP contribution in [0.5, 0.6) is 0 Å². The highest BCUT2D eigenvalue weighted by atomic mass is 32.2. The molecule has 40 heavy (non-hydrogen) atoms. The van der Waals surface area contributed by atoms with Crippen LogP contribution in [-0.4, -0.2) is 68.3 Å². The van der Waals surface area contributed by atoms with Gasteiger partial charge in [-0.05, 0) is 43.2 Å². The molecule has 0 bridgehead atoms. The predicted molar refractivity (Wildman–Crippen MR) is 160 cm³/mol. The van der Waals surface area contributed by atoms with Gasteiger partial charge in [-0.15, -0.1) is 0 Å². The van der Waals surface area contributed by atoms with Gasteiger partial charge < -0.3 is 5.11 Å². The van der Waals surface area contributed by atoms with Crippen molar-refractivity contribution in [1.29, 1.82) is 0 Å². The third-order valence-electron chi connectivity index (χ3n) is 6.16. The maximum Gasteiger partial charge on any atom is 0.305 e. The van der Waals surface area contributed by atoms with Crippen LogP contribution in [0.1, 0.15) is 38.7 Å². The highest BCUT2D eigenvalue weighted by Gasteiger charge is 2.32. The minimum atomic E-state index is -3.72. The predicted octanol–water partition coefficient (Wildman–Crippen LogP) is 5.03. The average molecular weight is 599 g/mol. The van der Waals surface area contributed by atoms with Gasteiger partial charge in [0.15, 0.2) is 0 Å². The van der Waals surface area contributed by atoms with E-state index in [-0.39, 0.29) is 28.1 Å². The maximum absolute atomic E-state index is 13.5. The van der Waals surface area contributed by atoms with Crippen molar-refractivity contribution in [3.8, 4) is 16.9 Å². The van der Waals surface area contributed by atoms with Gasteiger partial charge in [-0.3, -0.25) is 14.5 Å². The fraction of sp³-hybridized carbons (Fsp3) is 0.286. The number of carbonyl (C=O) groups is 2. The molecule has 0 atom stereocenters. The van der Waals surface area contributed by atoms with Crippen LogP contribution in [-0.2, 0) is 19.6 Å². The normalized spacial score (nSPS) is 15.0. The standard InChI is InChI=1S/C28H30N4O5S3/c1-3-14-30(15-4-2)40(36,37)23-12-8-9-20(17-23)26-21(19-32(29-26)22-10-6-5-7-11-22)18-24-27(35)31(28(38)39-24)16-13-25(33)34/h5-12,17-19H,3-4,13-16H2,1-2H3,(H,33,34). The van der Waals surface area contributed by atoms with E-state index in [0.717, 1.165) is 17.4 Å². The number of hydrogen-bond donors (Lipinski definition) is 1. The molecular formula is C28H30N4O5S3. The number of hydrogen-bond acceptors (Lipinski definition) is 7. The van der Waals surface area contributed by atoms with Crippen molar-refractivity contribution in [3.63, 3.8) is 0 Å². The molecule has 3 aromatic rings. The van der Waals surface area contributed by atoms with Crippen LogP contribution in [0.25, 0.3) is 23.0 Å². The number of aromatic nitrogens is 2. The molecule has 0 radical (unpaired) electrons. The summed E-state index contributed by atoms with van der Waals surface area (Å²) >= 11 is 6.43. The number of thioether (sulfide) groups is 1. The summed E-state index contributed by atoms with van der Waals surface area (Å²) in [6.07, 6.45) is 4.63.